The molecule has 0 radical (unpaired) electrons. The second-order valence-electron chi connectivity index (χ2n) is 6.66. The van der Waals surface area contributed by atoms with Crippen LogP contribution in [0.1, 0.15) is 11.8 Å². The van der Waals surface area contributed by atoms with E-state index in [1.807, 2.05) is 30.3 Å². The van der Waals surface area contributed by atoms with Crippen LogP contribution in [0.4, 0.5) is 10.2 Å². The van der Waals surface area contributed by atoms with Crippen LogP contribution in [0.2, 0.25) is 0 Å². The van der Waals surface area contributed by atoms with Crippen molar-refractivity contribution in [1.29, 1.82) is 0 Å². The molecule has 3 aromatic rings. The van der Waals surface area contributed by atoms with E-state index < -0.39 is 41.5 Å². The van der Waals surface area contributed by atoms with Crippen LogP contribution in [-0.2, 0) is 25.8 Å². The molecule has 1 fully saturated rings. The molecule has 1 aliphatic heterocycles. The molecule has 13 heteroatoms. The second-order valence-corrected chi connectivity index (χ2v) is 7.88. The van der Waals surface area contributed by atoms with Crippen LogP contribution in [0, 0.1) is 0 Å². The van der Waals surface area contributed by atoms with Gasteiger partial charge in [-0.2, -0.15) is 8.42 Å². The third-order valence-electron chi connectivity index (χ3n) is 4.63. The van der Waals surface area contributed by atoms with E-state index >= 15 is 0 Å². The molecule has 1 aliphatic rings. The smallest absolute Gasteiger partial charge is 0.333 e. The minimum absolute atomic E-state index is 0.286. The molecule has 1 saturated heterocycles. The summed E-state index contributed by atoms with van der Waals surface area (Å²) >= 11 is 0. The number of aromatic nitrogens is 4. The third-order valence-corrected chi connectivity index (χ3v) is 5.09. The SMILES string of the molecule is NS(=O)(=O)OC[C@H]1O[C@@H](n2cnc3c(NCc4ccccc4)ncnc32)[C@H](F)[C@@H]1O. The molecule has 4 atom stereocenters. The number of nitrogens with two attached hydrogens (primary N) is 1. The Bertz CT molecular complexity index is 1130. The summed E-state index contributed by atoms with van der Waals surface area (Å²) in [5, 5.41) is 18.0. The number of aliphatic hydroxyl groups is 1. The molecule has 4 rings (SSSR count). The van der Waals surface area contributed by atoms with E-state index in [0.717, 1.165) is 5.56 Å². The van der Waals surface area contributed by atoms with Gasteiger partial charge in [-0.1, -0.05) is 30.3 Å². The number of imidazole rings is 1. The average molecular weight is 438 g/mol. The maximum absolute atomic E-state index is 14.7. The number of aliphatic hydroxyl groups excluding tert-OH is 1. The fourth-order valence-corrected chi connectivity index (χ4v) is 3.50. The first-order chi connectivity index (χ1) is 14.3. The van der Waals surface area contributed by atoms with Gasteiger partial charge in [0.25, 0.3) is 0 Å². The predicted octanol–water partition coefficient (Wildman–Crippen LogP) is 0.255. The summed E-state index contributed by atoms with van der Waals surface area (Å²) in [6, 6.07) is 9.66. The largest absolute Gasteiger partial charge is 0.387 e. The van der Waals surface area contributed by atoms with Crippen LogP contribution in [0.5, 0.6) is 0 Å². The van der Waals surface area contributed by atoms with Crippen LogP contribution in [-0.4, -0.2) is 58.0 Å². The number of anilines is 1. The molecule has 2 aromatic heterocycles. The van der Waals surface area contributed by atoms with Gasteiger partial charge in [-0.15, -0.1) is 0 Å². The molecule has 0 amide bonds. The summed E-state index contributed by atoms with van der Waals surface area (Å²) in [5.74, 6) is 0.450. The maximum atomic E-state index is 14.7. The van der Waals surface area contributed by atoms with Gasteiger partial charge in [-0.25, -0.2) is 24.5 Å². The minimum Gasteiger partial charge on any atom is -0.387 e. The number of benzene rings is 1. The van der Waals surface area contributed by atoms with Crippen LogP contribution in [0.25, 0.3) is 11.2 Å². The molecule has 0 spiro atoms. The monoisotopic (exact) mass is 438 g/mol. The molecule has 3 heterocycles. The first kappa shape index (κ1) is 20.6. The number of fused-ring (bicyclic) bond motifs is 1. The number of nitrogens with zero attached hydrogens (tertiary/aromatic N) is 4. The van der Waals surface area contributed by atoms with Crippen molar-refractivity contribution in [3.63, 3.8) is 0 Å². The zero-order valence-corrected chi connectivity index (χ0v) is 16.3. The topological polar surface area (TPSA) is 154 Å². The molecule has 0 unspecified atom stereocenters. The molecule has 0 saturated carbocycles. The summed E-state index contributed by atoms with van der Waals surface area (Å²) in [7, 11) is -4.25. The van der Waals surface area contributed by atoms with E-state index in [2.05, 4.69) is 24.5 Å². The summed E-state index contributed by atoms with van der Waals surface area (Å²) in [4.78, 5) is 12.6. The van der Waals surface area contributed by atoms with Crippen molar-refractivity contribution in [2.75, 3.05) is 11.9 Å². The van der Waals surface area contributed by atoms with Crippen molar-refractivity contribution >= 4 is 27.3 Å². The van der Waals surface area contributed by atoms with Gasteiger partial charge in [0.1, 0.15) is 18.5 Å². The van der Waals surface area contributed by atoms with E-state index in [0.29, 0.717) is 17.9 Å². The Morgan fingerprint density at radius 3 is 2.77 bits per heavy atom. The lowest BCUT2D eigenvalue weighted by molar-refractivity contribution is -0.0403. The number of hydrogen-bond acceptors (Lipinski definition) is 9. The quantitative estimate of drug-likeness (QED) is 0.471. The standard InChI is InChI=1S/C17H19FN6O5S/c18-12-14(25)11(7-28-30(19,26)27)29-17(12)24-9-23-13-15(21-8-22-16(13)24)20-6-10-4-2-1-3-5-10/h1-5,8-9,11-12,14,17,25H,6-7H2,(H2,19,26,27)(H,20,21,22)/t11-,12-,14-,17-/m1/s1. The van der Waals surface area contributed by atoms with E-state index in [1.54, 1.807) is 0 Å². The molecule has 0 bridgehead atoms. The van der Waals surface area contributed by atoms with Crippen molar-refractivity contribution in [2.24, 2.45) is 5.14 Å². The minimum atomic E-state index is -4.25. The number of hydrogen-bond donors (Lipinski definition) is 3. The Kier molecular flexibility index (Phi) is 5.62. The predicted molar refractivity (Wildman–Crippen MR) is 103 cm³/mol. The Morgan fingerprint density at radius 2 is 2.03 bits per heavy atom. The Hall–Kier alpha value is -2.71. The zero-order valence-electron chi connectivity index (χ0n) is 15.5. The number of halogens is 1. The fraction of sp³-hybridized carbons (Fsp3) is 0.353. The van der Waals surface area contributed by atoms with E-state index in [9.17, 15) is 17.9 Å². The number of alkyl halides is 1. The average Bonchev–Trinajstić information content (AvgIpc) is 3.27. The molecule has 1 aromatic carbocycles. The Balaban J connectivity index is 1.55. The van der Waals surface area contributed by atoms with Crippen molar-refractivity contribution in [3.8, 4) is 0 Å². The Morgan fingerprint density at radius 1 is 1.27 bits per heavy atom. The maximum Gasteiger partial charge on any atom is 0.333 e. The van der Waals surface area contributed by atoms with Gasteiger partial charge >= 0.3 is 10.3 Å². The molecule has 4 N–H and O–H groups in total. The fourth-order valence-electron chi connectivity index (χ4n) is 3.18. The molecular weight excluding hydrogens is 419 g/mol. The molecule has 160 valence electrons. The summed E-state index contributed by atoms with van der Waals surface area (Å²) in [6.07, 6.45) is -3.39. The summed E-state index contributed by atoms with van der Waals surface area (Å²) < 4.78 is 47.8. The van der Waals surface area contributed by atoms with Gasteiger partial charge in [0.15, 0.2) is 29.4 Å². The third kappa shape index (κ3) is 4.24. The molecule has 11 nitrogen and oxygen atoms in total. The highest BCUT2D eigenvalue weighted by molar-refractivity contribution is 7.84. The first-order valence-electron chi connectivity index (χ1n) is 8.93. The molecular formula is C17H19FN6O5S. The number of rotatable bonds is 7. The van der Waals surface area contributed by atoms with E-state index in [4.69, 9.17) is 9.88 Å². The van der Waals surface area contributed by atoms with Gasteiger partial charge in [0.2, 0.25) is 0 Å². The van der Waals surface area contributed by atoms with Gasteiger partial charge in [0, 0.05) is 6.54 Å². The molecule has 30 heavy (non-hydrogen) atoms. The highest BCUT2D eigenvalue weighted by Gasteiger charge is 2.46. The highest BCUT2D eigenvalue weighted by atomic mass is 32.2. The number of nitrogens with one attached hydrogen (secondary N) is 1. The van der Waals surface area contributed by atoms with Crippen molar-refractivity contribution < 1.29 is 26.8 Å². The van der Waals surface area contributed by atoms with E-state index in [-0.39, 0.29) is 5.65 Å². The highest BCUT2D eigenvalue weighted by Crippen LogP contribution is 2.34. The van der Waals surface area contributed by atoms with Crippen LogP contribution in [0.3, 0.4) is 0 Å². The van der Waals surface area contributed by atoms with Crippen molar-refractivity contribution in [3.05, 3.63) is 48.5 Å². The van der Waals surface area contributed by atoms with Crippen LogP contribution in [0.15, 0.2) is 43.0 Å². The van der Waals surface area contributed by atoms with Crippen molar-refractivity contribution in [1.82, 2.24) is 19.5 Å². The first-order valence-corrected chi connectivity index (χ1v) is 10.4. The zero-order chi connectivity index (χ0) is 21.3. The van der Waals surface area contributed by atoms with Gasteiger partial charge in [-0.05, 0) is 5.56 Å². The van der Waals surface area contributed by atoms with Crippen LogP contribution < -0.4 is 10.5 Å². The lowest BCUT2D eigenvalue weighted by atomic mass is 10.1. The Labute approximate surface area is 170 Å². The van der Waals surface area contributed by atoms with E-state index in [1.165, 1.54) is 17.2 Å². The number of ether oxygens (including phenoxy) is 1. The lowest BCUT2D eigenvalue weighted by Crippen LogP contribution is -2.33. The van der Waals surface area contributed by atoms with Gasteiger partial charge < -0.3 is 15.2 Å². The van der Waals surface area contributed by atoms with Crippen molar-refractivity contribution in [2.45, 2.75) is 31.2 Å². The second kappa shape index (κ2) is 8.20. The van der Waals surface area contributed by atoms with Crippen LogP contribution >= 0.6 is 0 Å². The summed E-state index contributed by atoms with van der Waals surface area (Å²) in [5.41, 5.74) is 1.71. The van der Waals surface area contributed by atoms with Gasteiger partial charge in [0.05, 0.1) is 12.9 Å². The normalized spacial score (nSPS) is 24.4. The summed E-state index contributed by atoms with van der Waals surface area (Å²) in [6.45, 7) is -0.125. The van der Waals surface area contributed by atoms with Gasteiger partial charge in [-0.3, -0.25) is 8.75 Å². The molecule has 0 aliphatic carbocycles. The lowest BCUT2D eigenvalue weighted by Gasteiger charge is -2.15.